The van der Waals surface area contributed by atoms with Gasteiger partial charge in [-0.2, -0.15) is 0 Å². The Labute approximate surface area is 189 Å². The van der Waals surface area contributed by atoms with Crippen LogP contribution in [0.5, 0.6) is 17.2 Å². The van der Waals surface area contributed by atoms with E-state index in [2.05, 4.69) is 18.0 Å². The fraction of sp³-hybridized carbons (Fsp3) is 0.409. The molecular formula is C22H28Cl2N2O4. The molecule has 0 spiro atoms. The van der Waals surface area contributed by atoms with Gasteiger partial charge in [0.25, 0.3) is 5.91 Å². The lowest BCUT2D eigenvalue weighted by Gasteiger charge is -2.30. The van der Waals surface area contributed by atoms with Gasteiger partial charge in [-0.05, 0) is 38.1 Å². The van der Waals surface area contributed by atoms with Gasteiger partial charge in [0.15, 0.2) is 18.2 Å². The molecule has 0 aliphatic carbocycles. The molecule has 2 aromatic carbocycles. The van der Waals surface area contributed by atoms with Crippen LogP contribution in [0.4, 0.5) is 0 Å². The third-order valence-corrected chi connectivity index (χ3v) is 5.44. The second kappa shape index (κ2) is 11.3. The Morgan fingerprint density at radius 2 is 1.83 bits per heavy atom. The number of hydrogen-bond acceptors (Lipinski definition) is 5. The lowest BCUT2D eigenvalue weighted by Crippen LogP contribution is -2.40. The lowest BCUT2D eigenvalue weighted by molar-refractivity contribution is 0.0510. The number of carbonyl (C=O) groups excluding carboxylic acids is 1. The molecule has 30 heavy (non-hydrogen) atoms. The first-order chi connectivity index (χ1) is 14.0. The Morgan fingerprint density at radius 1 is 1.13 bits per heavy atom. The zero-order valence-electron chi connectivity index (χ0n) is 17.5. The molecule has 1 heterocycles. The van der Waals surface area contributed by atoms with Crippen molar-refractivity contribution < 1.29 is 19.0 Å². The normalized spacial score (nSPS) is 12.8. The van der Waals surface area contributed by atoms with Crippen molar-refractivity contribution in [3.8, 4) is 17.2 Å². The van der Waals surface area contributed by atoms with E-state index >= 15 is 0 Å². The summed E-state index contributed by atoms with van der Waals surface area (Å²) in [6.45, 7) is 2.66. The van der Waals surface area contributed by atoms with E-state index in [4.69, 9.17) is 25.8 Å². The second-order valence-corrected chi connectivity index (χ2v) is 7.45. The van der Waals surface area contributed by atoms with Crippen LogP contribution in [0.1, 0.15) is 22.3 Å². The first kappa shape index (κ1) is 24.1. The molecule has 0 unspecified atom stereocenters. The molecule has 0 fully saturated rings. The van der Waals surface area contributed by atoms with Gasteiger partial charge in [0.05, 0.1) is 19.8 Å². The van der Waals surface area contributed by atoms with E-state index in [-0.39, 0.29) is 25.0 Å². The Bertz CT molecular complexity index is 863. The average molecular weight is 455 g/mol. The molecule has 0 N–H and O–H groups in total. The van der Waals surface area contributed by atoms with Gasteiger partial charge in [-0.25, -0.2) is 0 Å². The summed E-state index contributed by atoms with van der Waals surface area (Å²) in [4.78, 5) is 16.8. The number of fused-ring (bicyclic) bond motifs is 1. The molecule has 0 saturated carbocycles. The minimum absolute atomic E-state index is 0. The van der Waals surface area contributed by atoms with Crippen LogP contribution in [-0.2, 0) is 6.42 Å². The fourth-order valence-corrected chi connectivity index (χ4v) is 3.58. The van der Waals surface area contributed by atoms with E-state index in [9.17, 15) is 4.79 Å². The number of ether oxygens (including phenoxy) is 3. The number of nitrogens with zero attached hydrogens (tertiary/aromatic N) is 2. The van der Waals surface area contributed by atoms with Gasteiger partial charge in [0.1, 0.15) is 5.75 Å². The van der Waals surface area contributed by atoms with E-state index in [1.54, 1.807) is 31.3 Å². The summed E-state index contributed by atoms with van der Waals surface area (Å²) in [7, 11) is 5.19. The average Bonchev–Trinajstić information content (AvgIpc) is 2.74. The predicted octanol–water partition coefficient (Wildman–Crippen LogP) is 4.14. The van der Waals surface area contributed by atoms with E-state index < -0.39 is 0 Å². The van der Waals surface area contributed by atoms with Gasteiger partial charge >= 0.3 is 0 Å². The molecule has 1 aliphatic rings. The maximum Gasteiger partial charge on any atom is 0.260 e. The van der Waals surface area contributed by atoms with Crippen LogP contribution < -0.4 is 14.2 Å². The van der Waals surface area contributed by atoms with Gasteiger partial charge in [0.2, 0.25) is 0 Å². The molecule has 0 atom stereocenters. The summed E-state index contributed by atoms with van der Waals surface area (Å²) < 4.78 is 16.3. The van der Waals surface area contributed by atoms with E-state index in [1.165, 1.54) is 0 Å². The quantitative estimate of drug-likeness (QED) is 0.569. The van der Waals surface area contributed by atoms with Crippen molar-refractivity contribution >= 4 is 29.9 Å². The van der Waals surface area contributed by atoms with Gasteiger partial charge in [-0.1, -0.05) is 29.8 Å². The van der Waals surface area contributed by atoms with Crippen molar-refractivity contribution in [1.82, 2.24) is 9.80 Å². The van der Waals surface area contributed by atoms with Gasteiger partial charge in [-0.3, -0.25) is 4.79 Å². The van der Waals surface area contributed by atoms with Gasteiger partial charge < -0.3 is 24.0 Å². The van der Waals surface area contributed by atoms with Crippen LogP contribution in [0.15, 0.2) is 36.4 Å². The smallest absolute Gasteiger partial charge is 0.260 e. The highest BCUT2D eigenvalue weighted by Crippen LogP contribution is 2.37. The van der Waals surface area contributed by atoms with Crippen molar-refractivity contribution in [2.75, 3.05) is 47.6 Å². The topological polar surface area (TPSA) is 51.2 Å². The third-order valence-electron chi connectivity index (χ3n) is 5.07. The molecule has 6 nitrogen and oxygen atoms in total. The van der Waals surface area contributed by atoms with Gasteiger partial charge in [0, 0.05) is 30.2 Å². The van der Waals surface area contributed by atoms with Crippen molar-refractivity contribution in [1.29, 1.82) is 0 Å². The minimum atomic E-state index is -0.0501. The number of hydrogen-bond donors (Lipinski definition) is 0. The number of rotatable bonds is 9. The standard InChI is InChI=1S/C22H27ClN2O4.ClH/c1-24(12-9-16-7-4-5-8-18(16)23)10-6-11-25-15-29-19-14-21(28-3)20(27-2)13-17(19)22(25)26;/h4-5,7-8,13-14H,6,9-12,15H2,1-3H3;1H. The molecule has 1 amide bonds. The molecule has 0 bridgehead atoms. The number of likely N-dealkylation sites (N-methyl/N-ethyl adjacent to an activating group) is 1. The first-order valence-electron chi connectivity index (χ1n) is 9.63. The molecule has 1 aliphatic heterocycles. The molecule has 0 saturated heterocycles. The first-order valence-corrected chi connectivity index (χ1v) is 10.0. The highest BCUT2D eigenvalue weighted by atomic mass is 35.5. The Morgan fingerprint density at radius 3 is 2.53 bits per heavy atom. The summed E-state index contributed by atoms with van der Waals surface area (Å²) in [6, 6.07) is 11.3. The summed E-state index contributed by atoms with van der Waals surface area (Å²) in [5.41, 5.74) is 1.66. The van der Waals surface area contributed by atoms with Crippen molar-refractivity contribution in [3.05, 3.63) is 52.5 Å². The Hall–Kier alpha value is -2.15. The number of halogens is 2. The zero-order valence-corrected chi connectivity index (χ0v) is 19.1. The van der Waals surface area contributed by atoms with Crippen LogP contribution in [0.3, 0.4) is 0 Å². The minimum Gasteiger partial charge on any atom is -0.493 e. The van der Waals surface area contributed by atoms with Crippen LogP contribution in [0, 0.1) is 0 Å². The highest BCUT2D eigenvalue weighted by molar-refractivity contribution is 6.31. The second-order valence-electron chi connectivity index (χ2n) is 7.04. The Balaban J connectivity index is 0.00000320. The van der Waals surface area contributed by atoms with Crippen LogP contribution in [-0.4, -0.2) is 63.3 Å². The fourth-order valence-electron chi connectivity index (χ4n) is 3.35. The summed E-state index contributed by atoms with van der Waals surface area (Å²) >= 11 is 6.22. The van der Waals surface area contributed by atoms with E-state index in [1.807, 2.05) is 18.2 Å². The van der Waals surface area contributed by atoms with Crippen LogP contribution in [0.2, 0.25) is 5.02 Å². The largest absolute Gasteiger partial charge is 0.493 e. The predicted molar refractivity (Wildman–Crippen MR) is 121 cm³/mol. The summed E-state index contributed by atoms with van der Waals surface area (Å²) in [5, 5.41) is 0.808. The molecule has 0 radical (unpaired) electrons. The molecule has 164 valence electrons. The molecule has 0 aromatic heterocycles. The van der Waals surface area contributed by atoms with Crippen molar-refractivity contribution in [3.63, 3.8) is 0 Å². The van der Waals surface area contributed by atoms with Crippen LogP contribution >= 0.6 is 24.0 Å². The number of benzene rings is 2. The molecule has 8 heteroatoms. The number of amides is 1. The monoisotopic (exact) mass is 454 g/mol. The molecular weight excluding hydrogens is 427 g/mol. The van der Waals surface area contributed by atoms with Crippen molar-refractivity contribution in [2.45, 2.75) is 12.8 Å². The highest BCUT2D eigenvalue weighted by Gasteiger charge is 2.27. The van der Waals surface area contributed by atoms with Gasteiger partial charge in [-0.15, -0.1) is 12.4 Å². The van der Waals surface area contributed by atoms with Crippen LogP contribution in [0.25, 0.3) is 0 Å². The molecule has 2 aromatic rings. The number of methoxy groups -OCH3 is 2. The van der Waals surface area contributed by atoms with Crippen molar-refractivity contribution in [2.24, 2.45) is 0 Å². The lowest BCUT2D eigenvalue weighted by atomic mass is 10.1. The maximum atomic E-state index is 12.8. The van der Waals surface area contributed by atoms with E-state index in [0.717, 1.165) is 36.5 Å². The van der Waals surface area contributed by atoms with E-state index in [0.29, 0.717) is 29.4 Å². The zero-order chi connectivity index (χ0) is 20.8. The third kappa shape index (κ3) is 5.72. The summed E-state index contributed by atoms with van der Waals surface area (Å²) in [6.07, 6.45) is 1.76. The summed E-state index contributed by atoms with van der Waals surface area (Å²) in [5.74, 6) is 1.55. The SMILES string of the molecule is COc1cc2c(cc1OC)C(=O)N(CCCN(C)CCc1ccccc1Cl)CO2.Cl. The maximum absolute atomic E-state index is 12.8. The Kier molecular flexibility index (Phi) is 9.08. The molecule has 3 rings (SSSR count). The number of carbonyl (C=O) groups is 1.